The van der Waals surface area contributed by atoms with Gasteiger partial charge >= 0.3 is 0 Å². The van der Waals surface area contributed by atoms with E-state index in [2.05, 4.69) is 272 Å². The van der Waals surface area contributed by atoms with Gasteiger partial charge in [0, 0.05) is 38.6 Å². The zero-order valence-corrected chi connectivity index (χ0v) is 64.9. The van der Waals surface area contributed by atoms with E-state index in [1.54, 1.807) is 18.2 Å². The number of hydrogen-bond acceptors (Lipinski definition) is 6. The Bertz CT molecular complexity index is 6010. The lowest BCUT2D eigenvalue weighted by atomic mass is 9.91. The molecular formula is C103H86FN7. The number of fused-ring (bicyclic) bond motifs is 6. The van der Waals surface area contributed by atoms with Crippen LogP contribution in [0, 0.1) is 88.9 Å². The second-order valence-electron chi connectivity index (χ2n) is 29.9. The highest BCUT2D eigenvalue weighted by atomic mass is 19.1. The molecule has 0 aliphatic heterocycles. The van der Waals surface area contributed by atoms with Crippen molar-refractivity contribution in [2.45, 2.75) is 89.5 Å². The lowest BCUT2D eigenvalue weighted by Crippen LogP contribution is -2.03. The third kappa shape index (κ3) is 14.5. The summed E-state index contributed by atoms with van der Waals surface area (Å²) in [5, 5.41) is 2.40. The van der Waals surface area contributed by atoms with Crippen LogP contribution < -0.4 is 0 Å². The highest BCUT2D eigenvalue weighted by molar-refractivity contribution is 6.12. The molecule has 0 N–H and O–H groups in total. The second-order valence-corrected chi connectivity index (χ2v) is 29.9. The van der Waals surface area contributed by atoms with Gasteiger partial charge in [0.05, 0.1) is 22.3 Å². The summed E-state index contributed by atoms with van der Waals surface area (Å²) in [6, 6.07) is 101. The summed E-state index contributed by atoms with van der Waals surface area (Å²) >= 11 is 0. The van der Waals surface area contributed by atoms with Gasteiger partial charge in [-0.15, -0.1) is 0 Å². The Balaban J connectivity index is 0.000000140. The minimum absolute atomic E-state index is 0.325. The van der Waals surface area contributed by atoms with Gasteiger partial charge in [0.15, 0.2) is 34.9 Å². The molecule has 0 fully saturated rings. The van der Waals surface area contributed by atoms with E-state index in [0.717, 1.165) is 51.0 Å². The lowest BCUT2D eigenvalue weighted by Gasteiger charge is -2.16. The van der Waals surface area contributed by atoms with Gasteiger partial charge in [0.1, 0.15) is 5.82 Å². The van der Waals surface area contributed by atoms with Gasteiger partial charge in [-0.1, -0.05) is 277 Å². The summed E-state index contributed by atoms with van der Waals surface area (Å²) in [5.41, 5.74) is 40.0. The van der Waals surface area contributed by atoms with Crippen LogP contribution in [0.2, 0.25) is 0 Å². The van der Waals surface area contributed by atoms with Crippen LogP contribution >= 0.6 is 0 Å². The molecule has 540 valence electrons. The van der Waals surface area contributed by atoms with E-state index in [1.807, 2.05) is 97.1 Å². The van der Waals surface area contributed by atoms with Crippen LogP contribution in [-0.4, -0.2) is 34.5 Å². The molecule has 0 saturated carbocycles. The molecule has 18 rings (SSSR count). The molecule has 8 heteroatoms. The maximum Gasteiger partial charge on any atom is 0.167 e. The van der Waals surface area contributed by atoms with Crippen LogP contribution in [0.5, 0.6) is 0 Å². The van der Waals surface area contributed by atoms with E-state index < -0.39 is 0 Å². The minimum atomic E-state index is -0.355. The van der Waals surface area contributed by atoms with Gasteiger partial charge in [-0.3, -0.25) is 0 Å². The van der Waals surface area contributed by atoms with Crippen molar-refractivity contribution in [2.24, 2.45) is 0 Å². The molecule has 111 heavy (non-hydrogen) atoms. The summed E-state index contributed by atoms with van der Waals surface area (Å²) in [6.45, 7) is 26.5. The van der Waals surface area contributed by atoms with Crippen molar-refractivity contribution in [3.8, 4) is 130 Å². The number of benzene rings is 14. The van der Waals surface area contributed by atoms with E-state index in [0.29, 0.717) is 40.5 Å². The van der Waals surface area contributed by atoms with Crippen LogP contribution in [-0.2, 0) is 6.42 Å². The molecule has 3 heterocycles. The largest absolute Gasteiger partial charge is 0.308 e. The average molecular weight is 1440 g/mol. The minimum Gasteiger partial charge on any atom is -0.308 e. The molecule has 3 aromatic heterocycles. The number of halogens is 1. The monoisotopic (exact) mass is 1440 g/mol. The third-order valence-electron chi connectivity index (χ3n) is 21.4. The molecule has 17 aromatic rings. The van der Waals surface area contributed by atoms with Gasteiger partial charge in [-0.2, -0.15) is 0 Å². The van der Waals surface area contributed by atoms with Crippen molar-refractivity contribution >= 4 is 21.8 Å². The molecule has 0 radical (unpaired) electrons. The number of nitrogens with zero attached hydrogens (tertiary/aromatic N) is 7. The van der Waals surface area contributed by atoms with Crippen molar-refractivity contribution in [1.29, 1.82) is 0 Å². The normalized spacial score (nSPS) is 11.4. The Hall–Kier alpha value is -13.2. The number of aryl methyl sites for hydroxylation is 12. The van der Waals surface area contributed by atoms with E-state index in [9.17, 15) is 4.39 Å². The molecule has 0 bridgehead atoms. The summed E-state index contributed by atoms with van der Waals surface area (Å²) in [6.07, 6.45) is 1.01. The Morgan fingerprint density at radius 2 is 0.505 bits per heavy atom. The van der Waals surface area contributed by atoms with Crippen LogP contribution in [0.15, 0.2) is 291 Å². The summed E-state index contributed by atoms with van der Waals surface area (Å²) < 4.78 is 16.7. The molecule has 1 aliphatic carbocycles. The van der Waals surface area contributed by atoms with Crippen molar-refractivity contribution < 1.29 is 4.39 Å². The molecule has 0 saturated heterocycles. The highest BCUT2D eigenvalue weighted by Gasteiger charge is 2.25. The maximum atomic E-state index is 14.2. The molecule has 0 spiro atoms. The molecule has 0 atom stereocenters. The van der Waals surface area contributed by atoms with Gasteiger partial charge in [0.25, 0.3) is 0 Å². The Morgan fingerprint density at radius 1 is 0.234 bits per heavy atom. The molecule has 1 aliphatic rings. The van der Waals surface area contributed by atoms with Gasteiger partial charge in [0.2, 0.25) is 0 Å². The fourth-order valence-corrected chi connectivity index (χ4v) is 17.0. The number of rotatable bonds is 11. The van der Waals surface area contributed by atoms with E-state index >= 15 is 0 Å². The van der Waals surface area contributed by atoms with Crippen LogP contribution in [0.1, 0.15) is 77.9 Å². The molecule has 7 nitrogen and oxygen atoms in total. The number of para-hydroxylation sites is 1. The Kier molecular flexibility index (Phi) is 19.8. The first kappa shape index (κ1) is 72.1. The summed E-state index contributed by atoms with van der Waals surface area (Å²) in [4.78, 5) is 29.0. The van der Waals surface area contributed by atoms with E-state index in [-0.39, 0.29) is 5.82 Å². The van der Waals surface area contributed by atoms with Crippen molar-refractivity contribution in [3.63, 3.8) is 0 Å². The van der Waals surface area contributed by atoms with Crippen molar-refractivity contribution in [2.75, 3.05) is 0 Å². The zero-order chi connectivity index (χ0) is 76.7. The predicted octanol–water partition coefficient (Wildman–Crippen LogP) is 26.6. The SMILES string of the molecule is Cc1cc(C)c(-c2ccc3c(c2)Cc2cc(-c4c(C)cc(C)cc4C)ccc2-3)c(C)c1.Cc1cc(C)c(-c2ccc3c4ccc(-c5c(C)cc(C)cc5C)cc4n(-c4ccccc4-c4nc(-c5ccccc5)nc(-c5ccccc5)n4)c3c2)c(C)c1.Fc1ccccc1-c1nc(-c2ccccc2)nc(-c2ccccc2)n1. The fourth-order valence-electron chi connectivity index (χ4n) is 17.0. The summed E-state index contributed by atoms with van der Waals surface area (Å²) in [5.74, 6) is 2.92. The Morgan fingerprint density at radius 3 is 0.838 bits per heavy atom. The first-order valence-corrected chi connectivity index (χ1v) is 38.1. The van der Waals surface area contributed by atoms with E-state index in [4.69, 9.17) is 15.0 Å². The molecule has 0 unspecified atom stereocenters. The summed E-state index contributed by atoms with van der Waals surface area (Å²) in [7, 11) is 0. The first-order valence-electron chi connectivity index (χ1n) is 38.1. The maximum absolute atomic E-state index is 14.2. The van der Waals surface area contributed by atoms with Crippen LogP contribution in [0.25, 0.3) is 151 Å². The predicted molar refractivity (Wildman–Crippen MR) is 460 cm³/mol. The van der Waals surface area contributed by atoms with Crippen molar-refractivity contribution in [3.05, 3.63) is 375 Å². The smallest absolute Gasteiger partial charge is 0.167 e. The number of hydrogen-bond donors (Lipinski definition) is 0. The van der Waals surface area contributed by atoms with E-state index in [1.165, 1.54) is 150 Å². The van der Waals surface area contributed by atoms with Crippen molar-refractivity contribution in [1.82, 2.24) is 34.5 Å². The lowest BCUT2D eigenvalue weighted by molar-refractivity contribution is 0.630. The number of aromatic nitrogens is 7. The highest BCUT2D eigenvalue weighted by Crippen LogP contribution is 2.45. The van der Waals surface area contributed by atoms with Crippen LogP contribution in [0.3, 0.4) is 0 Å². The second kappa shape index (κ2) is 30.5. The zero-order valence-electron chi connectivity index (χ0n) is 64.9. The quantitative estimate of drug-likeness (QED) is 0.128. The standard InChI is InChI=1S/C51H42N4.C31H30.C21H14FN3/c1-31-25-33(3)47(34(4)26-31)39-21-23-41-42-24-22-40(48-35(5)27-32(2)28-36(48)6)30-46(42)55(45(41)29-39)44-20-14-13-19-43(44)51-53-49(37-15-9-7-10-16-37)52-50(54-51)38-17-11-8-12-18-38;1-18-11-20(3)30(21(4)12-18)24-7-9-28-26(15-24)17-27-16-25(8-10-29(27)28)31-22(5)13-19(2)14-23(31)6;22-18-14-8-7-13-17(18)21-24-19(15-9-3-1-4-10-15)23-20(25-21)16-11-5-2-6-12-16/h7-30H,1-6H3;7-16H,17H2,1-6H3;1-14H. The molecule has 0 amide bonds. The average Bonchev–Trinajstić information content (AvgIpc) is 1.58. The topological polar surface area (TPSA) is 82.3 Å². The fraction of sp³-hybridized carbons (Fsp3) is 0.126. The van der Waals surface area contributed by atoms with Gasteiger partial charge in [-0.05, 0) is 237 Å². The molecular weight excluding hydrogens is 1350 g/mol. The van der Waals surface area contributed by atoms with Gasteiger partial charge in [-0.25, -0.2) is 34.3 Å². The first-order chi connectivity index (χ1) is 53.9. The van der Waals surface area contributed by atoms with Gasteiger partial charge < -0.3 is 4.57 Å². The Labute approximate surface area is 650 Å². The third-order valence-corrected chi connectivity index (χ3v) is 21.4. The molecule has 14 aromatic carbocycles. The van der Waals surface area contributed by atoms with Crippen LogP contribution in [0.4, 0.5) is 4.39 Å².